The topological polar surface area (TPSA) is 53.4 Å². The number of thiazole rings is 1. The van der Waals surface area contributed by atoms with Crippen molar-refractivity contribution in [1.82, 2.24) is 4.98 Å². The maximum Gasteiger partial charge on any atom is 0.0697 e. The second-order valence-electron chi connectivity index (χ2n) is 9.01. The van der Waals surface area contributed by atoms with Crippen LogP contribution in [-0.4, -0.2) is 27.4 Å². The number of benzene rings is 2. The monoisotopic (exact) mass is 615 g/mol. The Labute approximate surface area is 203 Å². The summed E-state index contributed by atoms with van der Waals surface area (Å²) in [6.07, 6.45) is 6.09. The minimum Gasteiger partial charge on any atom is -0.393 e. The zero-order chi connectivity index (χ0) is 21.1. The molecule has 1 heterocycles. The van der Waals surface area contributed by atoms with Crippen LogP contribution in [-0.2, 0) is 20.1 Å². The van der Waals surface area contributed by atoms with Crippen molar-refractivity contribution >= 4 is 21.6 Å². The molecule has 0 aliphatic heterocycles. The van der Waals surface area contributed by atoms with Crippen LogP contribution in [0.3, 0.4) is 0 Å². The number of para-hydroxylation sites is 1. The number of fused-ring (bicyclic) bond motifs is 2. The zero-order valence-electron chi connectivity index (χ0n) is 18.3. The summed E-state index contributed by atoms with van der Waals surface area (Å²) in [6.45, 7) is 4.41. The summed E-state index contributed by atoms with van der Waals surface area (Å²) in [7, 11) is 0. The van der Waals surface area contributed by atoms with Crippen LogP contribution in [0, 0.1) is 17.9 Å². The van der Waals surface area contributed by atoms with E-state index in [1.165, 1.54) is 23.1 Å². The maximum atomic E-state index is 9.77. The molecule has 0 bridgehead atoms. The molecule has 0 spiro atoms. The largest absolute Gasteiger partial charge is 0.393 e. The number of hydrogen-bond donors (Lipinski definition) is 2. The standard InChI is InChI=1S/C16H14NS.C10H18O2.Ir/c1-11(2)12-6-5-7-13(10-12)16-17-14-8-3-4-9-15(14)18-16;11-8-4-2-1-3-7-5-6-9(12)10(7)8;/h3-6,8-11H,1-2H3;7-12H,1-6H2;/q-1;;. The molecule has 2 aliphatic carbocycles. The molecule has 2 fully saturated rings. The molecule has 5 rings (SSSR count). The van der Waals surface area contributed by atoms with E-state index in [1.54, 1.807) is 11.3 Å². The summed E-state index contributed by atoms with van der Waals surface area (Å²) in [6, 6.07) is 17.9. The predicted octanol–water partition coefficient (Wildman–Crippen LogP) is 6.19. The van der Waals surface area contributed by atoms with Crippen LogP contribution in [0.5, 0.6) is 0 Å². The molecule has 4 atom stereocenters. The first kappa shape index (κ1) is 24.5. The van der Waals surface area contributed by atoms with Crippen molar-refractivity contribution in [3.05, 3.63) is 54.1 Å². The Morgan fingerprint density at radius 2 is 1.74 bits per heavy atom. The number of aromatic nitrogens is 1. The Kier molecular flexibility index (Phi) is 8.83. The molecule has 2 aliphatic rings. The van der Waals surface area contributed by atoms with Gasteiger partial charge in [-0.1, -0.05) is 38.8 Å². The smallest absolute Gasteiger partial charge is 0.0697 e. The van der Waals surface area contributed by atoms with E-state index in [1.807, 2.05) is 12.1 Å². The van der Waals surface area contributed by atoms with E-state index >= 15 is 0 Å². The van der Waals surface area contributed by atoms with Crippen LogP contribution in [0.15, 0.2) is 42.5 Å². The molecule has 2 saturated carbocycles. The van der Waals surface area contributed by atoms with Gasteiger partial charge in [0.1, 0.15) is 0 Å². The molecule has 4 unspecified atom stereocenters. The Morgan fingerprint density at radius 3 is 2.52 bits per heavy atom. The fraction of sp³-hybridized carbons (Fsp3) is 0.500. The van der Waals surface area contributed by atoms with Gasteiger partial charge in [-0.05, 0) is 49.7 Å². The molecule has 0 amide bonds. The Balaban J connectivity index is 0.000000183. The van der Waals surface area contributed by atoms with Gasteiger partial charge in [0.15, 0.2) is 0 Å². The van der Waals surface area contributed by atoms with Crippen molar-refractivity contribution in [3.63, 3.8) is 0 Å². The summed E-state index contributed by atoms with van der Waals surface area (Å²) in [5, 5.41) is 20.5. The van der Waals surface area contributed by atoms with Gasteiger partial charge in [-0.25, -0.2) is 0 Å². The van der Waals surface area contributed by atoms with Crippen LogP contribution in [0.25, 0.3) is 20.8 Å². The van der Waals surface area contributed by atoms with Crippen LogP contribution >= 0.6 is 11.3 Å². The fourth-order valence-corrected chi connectivity index (χ4v) is 5.84. The van der Waals surface area contributed by atoms with E-state index in [0.29, 0.717) is 11.8 Å². The van der Waals surface area contributed by atoms with Crippen molar-refractivity contribution < 1.29 is 30.3 Å². The SMILES string of the molecule is CC(C)c1cc[c-]c(-c2nc3ccccc3s2)c1.OC1CCCCC2CCC(O)C12.[Ir]. The molecular formula is C26H32IrNO2S-. The van der Waals surface area contributed by atoms with E-state index in [4.69, 9.17) is 0 Å². The fourth-order valence-electron chi connectivity index (χ4n) is 4.90. The van der Waals surface area contributed by atoms with Gasteiger partial charge in [-0.15, -0.1) is 35.4 Å². The first-order chi connectivity index (χ1) is 14.5. The van der Waals surface area contributed by atoms with E-state index in [0.717, 1.165) is 41.8 Å². The normalized spacial score (nSPS) is 25.3. The van der Waals surface area contributed by atoms with Gasteiger partial charge in [-0.3, -0.25) is 4.98 Å². The third kappa shape index (κ3) is 5.83. The van der Waals surface area contributed by atoms with Crippen molar-refractivity contribution in [2.24, 2.45) is 11.8 Å². The molecule has 31 heavy (non-hydrogen) atoms. The van der Waals surface area contributed by atoms with Gasteiger partial charge in [-0.2, -0.15) is 11.3 Å². The van der Waals surface area contributed by atoms with E-state index in [9.17, 15) is 10.2 Å². The summed E-state index contributed by atoms with van der Waals surface area (Å²) < 4.78 is 1.23. The Hall–Kier alpha value is -1.10. The van der Waals surface area contributed by atoms with Crippen molar-refractivity contribution in [3.8, 4) is 10.6 Å². The van der Waals surface area contributed by atoms with Crippen LogP contribution in [0.1, 0.15) is 63.9 Å². The Bertz CT molecular complexity index is 940. The second-order valence-corrected chi connectivity index (χ2v) is 10.0. The van der Waals surface area contributed by atoms with Crippen molar-refractivity contribution in [1.29, 1.82) is 0 Å². The average Bonchev–Trinajstić information content (AvgIpc) is 3.29. The molecule has 0 saturated heterocycles. The number of aliphatic hydroxyl groups excluding tert-OH is 2. The van der Waals surface area contributed by atoms with E-state index in [-0.39, 0.29) is 38.2 Å². The number of hydrogen-bond acceptors (Lipinski definition) is 4. The molecule has 3 aromatic rings. The van der Waals surface area contributed by atoms with E-state index < -0.39 is 0 Å². The number of rotatable bonds is 2. The molecule has 2 aromatic carbocycles. The molecular weight excluding hydrogens is 583 g/mol. The Morgan fingerprint density at radius 1 is 1.00 bits per heavy atom. The molecule has 2 N–H and O–H groups in total. The summed E-state index contributed by atoms with van der Waals surface area (Å²) in [5.41, 5.74) is 3.51. The second kappa shape index (κ2) is 11.2. The van der Waals surface area contributed by atoms with Crippen LogP contribution in [0.4, 0.5) is 0 Å². The van der Waals surface area contributed by atoms with Gasteiger partial charge < -0.3 is 10.2 Å². The van der Waals surface area contributed by atoms with Crippen molar-refractivity contribution in [2.45, 2.75) is 70.5 Å². The van der Waals surface area contributed by atoms with Gasteiger partial charge in [0, 0.05) is 35.7 Å². The summed E-state index contributed by atoms with van der Waals surface area (Å²) >= 11 is 1.73. The molecule has 3 nitrogen and oxygen atoms in total. The molecule has 1 aromatic heterocycles. The van der Waals surface area contributed by atoms with Gasteiger partial charge >= 0.3 is 0 Å². The predicted molar refractivity (Wildman–Crippen MR) is 125 cm³/mol. The zero-order valence-corrected chi connectivity index (χ0v) is 21.5. The van der Waals surface area contributed by atoms with Gasteiger partial charge in [0.25, 0.3) is 0 Å². The molecule has 1 radical (unpaired) electrons. The summed E-state index contributed by atoms with van der Waals surface area (Å²) in [4.78, 5) is 4.67. The van der Waals surface area contributed by atoms with Crippen molar-refractivity contribution in [2.75, 3.05) is 0 Å². The van der Waals surface area contributed by atoms with Gasteiger partial charge in [0.2, 0.25) is 0 Å². The minimum absolute atomic E-state index is 0. The molecule has 5 heteroatoms. The summed E-state index contributed by atoms with van der Waals surface area (Å²) in [5.74, 6) is 1.35. The number of nitrogens with zero attached hydrogens (tertiary/aromatic N) is 1. The minimum atomic E-state index is -0.227. The maximum absolute atomic E-state index is 9.77. The van der Waals surface area contributed by atoms with Crippen LogP contribution < -0.4 is 0 Å². The quantitative estimate of drug-likeness (QED) is 0.339. The third-order valence-electron chi connectivity index (χ3n) is 6.61. The third-order valence-corrected chi connectivity index (χ3v) is 7.68. The van der Waals surface area contributed by atoms with E-state index in [2.05, 4.69) is 55.2 Å². The number of aliphatic hydroxyl groups is 2. The first-order valence-corrected chi connectivity index (χ1v) is 12.1. The molecule has 169 valence electrons. The first-order valence-electron chi connectivity index (χ1n) is 11.3. The average molecular weight is 615 g/mol. The van der Waals surface area contributed by atoms with Gasteiger partial charge in [0.05, 0.1) is 17.7 Å². The van der Waals surface area contributed by atoms with Crippen LogP contribution in [0.2, 0.25) is 0 Å².